The Kier molecular flexibility index (Phi) is 6.48. The minimum Gasteiger partial charge on any atom is -0.360 e. The molecule has 3 N–H and O–H groups in total. The van der Waals surface area contributed by atoms with Crippen molar-refractivity contribution in [3.8, 4) is 11.4 Å². The highest BCUT2D eigenvalue weighted by Gasteiger charge is 2.21. The van der Waals surface area contributed by atoms with Crippen molar-refractivity contribution >= 4 is 46.2 Å². The Morgan fingerprint density at radius 3 is 1.90 bits per heavy atom. The molecule has 0 aliphatic carbocycles. The fourth-order valence-electron chi connectivity index (χ4n) is 4.82. The first-order valence-corrected chi connectivity index (χ1v) is 13.4. The van der Waals surface area contributed by atoms with Gasteiger partial charge < -0.3 is 15.6 Å². The van der Waals surface area contributed by atoms with Crippen LogP contribution in [0.2, 0.25) is 0 Å². The van der Waals surface area contributed by atoms with Crippen LogP contribution in [0.1, 0.15) is 22.9 Å². The molecule has 0 fully saturated rings. The molecule has 1 aromatic heterocycles. The van der Waals surface area contributed by atoms with E-state index in [4.69, 9.17) is 0 Å². The monoisotopic (exact) mass is 554 g/mol. The molecule has 42 heavy (non-hydrogen) atoms. The van der Waals surface area contributed by atoms with Gasteiger partial charge in [-0.1, -0.05) is 36.4 Å². The standard InChI is InChI=1S/C34H24F2N6/c35-25-9-5-23(6-10-25)33-39-29-15-13-27(17-31(29)41-33)37-19-21-1-2-22(4-3-21)20-38-28-14-16-30-32(18-28)42-34(40-30)24-7-11-26(36)12-8-24/h1-20,33,39,41H,(H,40,42). The van der Waals surface area contributed by atoms with Crippen LogP contribution in [0.15, 0.2) is 119 Å². The number of aromatic amines is 1. The molecule has 0 saturated carbocycles. The number of nitrogens with zero attached hydrogens (tertiary/aromatic N) is 3. The second kappa shape index (κ2) is 10.7. The molecule has 0 saturated heterocycles. The van der Waals surface area contributed by atoms with Gasteiger partial charge in [-0.15, -0.1) is 0 Å². The van der Waals surface area contributed by atoms with E-state index in [0.29, 0.717) is 5.82 Å². The van der Waals surface area contributed by atoms with Crippen molar-refractivity contribution in [3.05, 3.63) is 138 Å². The maximum absolute atomic E-state index is 13.3. The predicted molar refractivity (Wildman–Crippen MR) is 165 cm³/mol. The van der Waals surface area contributed by atoms with Gasteiger partial charge in [-0.2, -0.15) is 0 Å². The summed E-state index contributed by atoms with van der Waals surface area (Å²) in [4.78, 5) is 17.1. The van der Waals surface area contributed by atoms with Gasteiger partial charge in [-0.3, -0.25) is 9.98 Å². The minimum atomic E-state index is -0.278. The molecule has 1 unspecified atom stereocenters. The predicted octanol–water partition coefficient (Wildman–Crippen LogP) is 8.55. The average molecular weight is 555 g/mol. The van der Waals surface area contributed by atoms with Gasteiger partial charge in [-0.25, -0.2) is 13.8 Å². The van der Waals surface area contributed by atoms with Crippen molar-refractivity contribution < 1.29 is 8.78 Å². The van der Waals surface area contributed by atoms with Gasteiger partial charge in [0.05, 0.1) is 33.8 Å². The molecule has 6 aromatic rings. The number of aliphatic imine (C=N–C) groups is 2. The molecule has 0 radical (unpaired) electrons. The van der Waals surface area contributed by atoms with Crippen molar-refractivity contribution in [3.63, 3.8) is 0 Å². The summed E-state index contributed by atoms with van der Waals surface area (Å²) < 4.78 is 26.5. The lowest BCUT2D eigenvalue weighted by Crippen LogP contribution is -2.11. The maximum Gasteiger partial charge on any atom is 0.138 e. The number of halogens is 2. The Bertz CT molecular complexity index is 1940. The van der Waals surface area contributed by atoms with Gasteiger partial charge in [0.25, 0.3) is 0 Å². The fraction of sp³-hybridized carbons (Fsp3) is 0.0294. The molecule has 0 amide bonds. The molecular formula is C34H24F2N6. The zero-order valence-corrected chi connectivity index (χ0v) is 22.2. The summed E-state index contributed by atoms with van der Waals surface area (Å²) >= 11 is 0. The smallest absolute Gasteiger partial charge is 0.138 e. The summed E-state index contributed by atoms with van der Waals surface area (Å²) in [6.45, 7) is 0. The summed E-state index contributed by atoms with van der Waals surface area (Å²) in [6, 6.07) is 32.4. The van der Waals surface area contributed by atoms with Crippen LogP contribution in [0.25, 0.3) is 22.4 Å². The van der Waals surface area contributed by atoms with E-state index in [1.807, 2.05) is 73.1 Å². The molecule has 0 bridgehead atoms. The van der Waals surface area contributed by atoms with E-state index in [9.17, 15) is 8.78 Å². The van der Waals surface area contributed by atoms with Crippen LogP contribution in [0, 0.1) is 11.6 Å². The van der Waals surface area contributed by atoms with E-state index in [2.05, 4.69) is 30.6 Å². The van der Waals surface area contributed by atoms with Crippen molar-refractivity contribution in [2.24, 2.45) is 9.98 Å². The fourth-order valence-corrected chi connectivity index (χ4v) is 4.82. The van der Waals surface area contributed by atoms with E-state index in [0.717, 1.165) is 56.0 Å². The molecule has 1 aliphatic heterocycles. The Balaban J connectivity index is 1.00. The van der Waals surface area contributed by atoms with Crippen molar-refractivity contribution in [2.45, 2.75) is 6.17 Å². The second-order valence-electron chi connectivity index (χ2n) is 9.98. The topological polar surface area (TPSA) is 77.5 Å². The number of hydrogen-bond acceptors (Lipinski definition) is 5. The number of H-pyrrole nitrogens is 1. The van der Waals surface area contributed by atoms with Crippen LogP contribution < -0.4 is 10.6 Å². The Morgan fingerprint density at radius 1 is 0.619 bits per heavy atom. The third-order valence-corrected chi connectivity index (χ3v) is 7.05. The van der Waals surface area contributed by atoms with Gasteiger partial charge in [0.2, 0.25) is 0 Å². The van der Waals surface area contributed by atoms with Crippen LogP contribution >= 0.6 is 0 Å². The molecule has 7 rings (SSSR count). The number of rotatable bonds is 6. The van der Waals surface area contributed by atoms with Crippen LogP contribution in [0.5, 0.6) is 0 Å². The number of anilines is 2. The SMILES string of the molecule is Fc1ccc(-c2nc3ccc(N=Cc4ccc(C=Nc5ccc6c(c5)NC(c5ccc(F)cc5)N6)cc4)cc3[nH]2)cc1. The normalized spacial score (nSPS) is 14.4. The van der Waals surface area contributed by atoms with Crippen LogP contribution in [0.4, 0.5) is 31.5 Å². The minimum absolute atomic E-state index is 0.116. The highest BCUT2D eigenvalue weighted by molar-refractivity contribution is 5.88. The zero-order valence-electron chi connectivity index (χ0n) is 22.2. The lowest BCUT2D eigenvalue weighted by molar-refractivity contribution is 0.626. The number of benzene rings is 5. The first-order chi connectivity index (χ1) is 20.6. The third kappa shape index (κ3) is 5.38. The van der Waals surface area contributed by atoms with Crippen molar-refractivity contribution in [1.29, 1.82) is 0 Å². The molecule has 1 atom stereocenters. The summed E-state index contributed by atoms with van der Waals surface area (Å²) in [6.07, 6.45) is 3.53. The van der Waals surface area contributed by atoms with E-state index >= 15 is 0 Å². The summed E-state index contributed by atoms with van der Waals surface area (Å²) in [5.41, 5.74) is 8.94. The number of imidazole rings is 1. The first kappa shape index (κ1) is 25.3. The van der Waals surface area contributed by atoms with E-state index in [1.54, 1.807) is 24.3 Å². The lowest BCUT2D eigenvalue weighted by atomic mass is 10.1. The molecule has 5 aromatic carbocycles. The van der Waals surface area contributed by atoms with Crippen LogP contribution in [-0.2, 0) is 0 Å². The second-order valence-corrected chi connectivity index (χ2v) is 9.98. The molecule has 204 valence electrons. The van der Waals surface area contributed by atoms with E-state index in [-0.39, 0.29) is 17.8 Å². The van der Waals surface area contributed by atoms with Crippen molar-refractivity contribution in [1.82, 2.24) is 9.97 Å². The number of aromatic nitrogens is 2. The average Bonchev–Trinajstić information content (AvgIpc) is 3.64. The third-order valence-electron chi connectivity index (χ3n) is 7.05. The Morgan fingerprint density at radius 2 is 1.21 bits per heavy atom. The van der Waals surface area contributed by atoms with Gasteiger partial charge in [0.1, 0.15) is 23.6 Å². The quantitative estimate of drug-likeness (QED) is 0.181. The van der Waals surface area contributed by atoms with Gasteiger partial charge in [0, 0.05) is 18.0 Å². The summed E-state index contributed by atoms with van der Waals surface area (Å²) in [7, 11) is 0. The maximum atomic E-state index is 13.3. The Labute approximate surface area is 240 Å². The van der Waals surface area contributed by atoms with E-state index < -0.39 is 0 Å². The van der Waals surface area contributed by atoms with Gasteiger partial charge in [0.15, 0.2) is 0 Å². The highest BCUT2D eigenvalue weighted by atomic mass is 19.1. The van der Waals surface area contributed by atoms with Gasteiger partial charge in [-0.05, 0) is 89.5 Å². The van der Waals surface area contributed by atoms with Crippen molar-refractivity contribution in [2.75, 3.05) is 10.6 Å². The molecule has 2 heterocycles. The van der Waals surface area contributed by atoms with Crippen LogP contribution in [0.3, 0.4) is 0 Å². The zero-order chi connectivity index (χ0) is 28.5. The molecule has 0 spiro atoms. The summed E-state index contributed by atoms with van der Waals surface area (Å²) in [5, 5.41) is 6.83. The van der Waals surface area contributed by atoms with Gasteiger partial charge >= 0.3 is 0 Å². The molecule has 6 nitrogen and oxygen atoms in total. The number of hydrogen-bond donors (Lipinski definition) is 3. The number of fused-ring (bicyclic) bond motifs is 2. The number of nitrogens with one attached hydrogen (secondary N) is 3. The first-order valence-electron chi connectivity index (χ1n) is 13.4. The largest absolute Gasteiger partial charge is 0.360 e. The van der Waals surface area contributed by atoms with E-state index in [1.165, 1.54) is 24.3 Å². The lowest BCUT2D eigenvalue weighted by Gasteiger charge is -2.12. The highest BCUT2D eigenvalue weighted by Crippen LogP contribution is 2.37. The molecule has 8 heteroatoms. The molecular weight excluding hydrogens is 530 g/mol. The summed E-state index contributed by atoms with van der Waals surface area (Å²) in [5.74, 6) is 0.155. The molecule has 1 aliphatic rings. The van der Waals surface area contributed by atoms with Crippen LogP contribution in [-0.4, -0.2) is 22.4 Å². The Hall–Kier alpha value is -5.63.